The van der Waals surface area contributed by atoms with Crippen molar-refractivity contribution in [3.8, 4) is 0 Å². The molecular formula is C9H18N2OS. The number of nitrogens with zero attached hydrogens (tertiary/aromatic N) is 1. The lowest BCUT2D eigenvalue weighted by Crippen LogP contribution is -2.36. The van der Waals surface area contributed by atoms with E-state index < -0.39 is 11.4 Å². The summed E-state index contributed by atoms with van der Waals surface area (Å²) in [5.74, 6) is 0. The Balaban J connectivity index is 4.09. The normalized spacial score (nSPS) is 16.3. The average molecular weight is 202 g/mol. The summed E-state index contributed by atoms with van der Waals surface area (Å²) < 4.78 is 14.1. The van der Waals surface area contributed by atoms with Gasteiger partial charge >= 0.3 is 0 Å². The van der Waals surface area contributed by atoms with Crippen LogP contribution in [-0.4, -0.2) is 22.6 Å². The maximum Gasteiger partial charge on any atom is 0.142 e. The number of nitrogens with one attached hydrogen (secondary N) is 1. The van der Waals surface area contributed by atoms with Crippen molar-refractivity contribution in [2.24, 2.45) is 4.99 Å². The van der Waals surface area contributed by atoms with Crippen molar-refractivity contribution in [3.63, 3.8) is 0 Å². The topological polar surface area (TPSA) is 47.5 Å². The van der Waals surface area contributed by atoms with Crippen molar-refractivity contribution in [3.05, 3.63) is 11.8 Å². The summed E-state index contributed by atoms with van der Waals surface area (Å²) in [7, 11) is 1.71. The van der Waals surface area contributed by atoms with Gasteiger partial charge in [-0.15, -0.1) is 0 Å². The SMILES string of the molecule is CN=CC(C)=CN[S+]([O-])C(C)(C)C. The molecule has 0 amide bonds. The Hall–Kier alpha value is -0.480. The highest BCUT2D eigenvalue weighted by Gasteiger charge is 2.25. The van der Waals surface area contributed by atoms with E-state index in [1.165, 1.54) is 0 Å². The summed E-state index contributed by atoms with van der Waals surface area (Å²) in [5.41, 5.74) is 0.958. The van der Waals surface area contributed by atoms with Gasteiger partial charge in [0, 0.05) is 13.3 Å². The second-order valence-electron chi connectivity index (χ2n) is 3.77. The fourth-order valence-electron chi connectivity index (χ4n) is 0.564. The van der Waals surface area contributed by atoms with E-state index in [-0.39, 0.29) is 4.75 Å². The largest absolute Gasteiger partial charge is 0.593 e. The minimum Gasteiger partial charge on any atom is -0.593 e. The van der Waals surface area contributed by atoms with Gasteiger partial charge in [0.2, 0.25) is 0 Å². The smallest absolute Gasteiger partial charge is 0.142 e. The molecule has 13 heavy (non-hydrogen) atoms. The first-order valence-corrected chi connectivity index (χ1v) is 5.30. The highest BCUT2D eigenvalue weighted by Crippen LogP contribution is 2.12. The molecule has 4 heteroatoms. The van der Waals surface area contributed by atoms with Gasteiger partial charge in [0.1, 0.15) is 4.75 Å². The van der Waals surface area contributed by atoms with Crippen LogP contribution in [-0.2, 0) is 11.4 Å². The van der Waals surface area contributed by atoms with Crippen LogP contribution in [0.25, 0.3) is 0 Å². The first-order chi connectivity index (χ1) is 5.88. The van der Waals surface area contributed by atoms with E-state index in [0.717, 1.165) is 5.57 Å². The van der Waals surface area contributed by atoms with Crippen LogP contribution in [0.3, 0.4) is 0 Å². The summed E-state index contributed by atoms with van der Waals surface area (Å²) in [4.78, 5) is 3.84. The molecule has 0 saturated heterocycles. The maximum atomic E-state index is 11.5. The highest BCUT2D eigenvalue weighted by molar-refractivity contribution is 7.90. The van der Waals surface area contributed by atoms with E-state index in [1.54, 1.807) is 19.5 Å². The zero-order valence-corrected chi connectivity index (χ0v) is 9.73. The fourth-order valence-corrected chi connectivity index (χ4v) is 1.21. The molecule has 0 aliphatic carbocycles. The number of aliphatic imine (C=N–C) groups is 1. The Morgan fingerprint density at radius 2 is 2.00 bits per heavy atom. The number of hydrogen-bond donors (Lipinski definition) is 1. The number of allylic oxidation sites excluding steroid dienone is 1. The Morgan fingerprint density at radius 1 is 1.46 bits per heavy atom. The van der Waals surface area contributed by atoms with Crippen LogP contribution in [0.2, 0.25) is 0 Å². The van der Waals surface area contributed by atoms with Crippen LogP contribution in [0.15, 0.2) is 16.8 Å². The van der Waals surface area contributed by atoms with E-state index in [4.69, 9.17) is 0 Å². The fraction of sp³-hybridized carbons (Fsp3) is 0.667. The molecule has 1 unspecified atom stereocenters. The Labute approximate surface area is 83.6 Å². The monoisotopic (exact) mass is 202 g/mol. The second kappa shape index (κ2) is 5.29. The van der Waals surface area contributed by atoms with E-state index in [9.17, 15) is 4.55 Å². The summed E-state index contributed by atoms with van der Waals surface area (Å²) in [5, 5.41) is 0. The van der Waals surface area contributed by atoms with Gasteiger partial charge in [-0.05, 0) is 33.3 Å². The molecule has 0 saturated carbocycles. The van der Waals surface area contributed by atoms with Gasteiger partial charge < -0.3 is 4.55 Å². The minimum absolute atomic E-state index is 0.236. The quantitative estimate of drug-likeness (QED) is 0.558. The van der Waals surface area contributed by atoms with Crippen molar-refractivity contribution in [2.75, 3.05) is 7.05 Å². The first-order valence-electron chi connectivity index (χ1n) is 4.15. The van der Waals surface area contributed by atoms with Crippen LogP contribution in [0.5, 0.6) is 0 Å². The van der Waals surface area contributed by atoms with E-state index >= 15 is 0 Å². The molecular weight excluding hydrogens is 184 g/mol. The van der Waals surface area contributed by atoms with Gasteiger partial charge in [-0.1, -0.05) is 0 Å². The standard InChI is InChI=1S/C9H18N2OS/c1-8(6-10-5)7-11-13(12)9(2,3)4/h6-7,11H,1-5H3. The molecule has 0 aromatic rings. The maximum absolute atomic E-state index is 11.5. The molecule has 0 fully saturated rings. The Bertz CT molecular complexity index is 206. The molecule has 0 spiro atoms. The summed E-state index contributed by atoms with van der Waals surface area (Å²) in [6.07, 6.45) is 3.43. The molecule has 0 heterocycles. The van der Waals surface area contributed by atoms with Gasteiger partial charge in [0.15, 0.2) is 0 Å². The molecule has 1 atom stereocenters. The third kappa shape index (κ3) is 5.71. The van der Waals surface area contributed by atoms with Crippen molar-refractivity contribution < 1.29 is 4.55 Å². The lowest BCUT2D eigenvalue weighted by molar-refractivity contribution is 0.553. The molecule has 0 radical (unpaired) electrons. The third-order valence-electron chi connectivity index (χ3n) is 1.28. The third-order valence-corrected chi connectivity index (χ3v) is 2.73. The zero-order chi connectivity index (χ0) is 10.5. The number of rotatable bonds is 3. The van der Waals surface area contributed by atoms with Crippen molar-refractivity contribution in [2.45, 2.75) is 32.4 Å². The Morgan fingerprint density at radius 3 is 2.38 bits per heavy atom. The van der Waals surface area contributed by atoms with Crippen LogP contribution in [0, 0.1) is 0 Å². The molecule has 0 aliphatic rings. The lowest BCUT2D eigenvalue weighted by Gasteiger charge is -2.22. The second-order valence-corrected chi connectivity index (χ2v) is 5.77. The highest BCUT2D eigenvalue weighted by atomic mass is 32.2. The van der Waals surface area contributed by atoms with E-state index in [0.29, 0.717) is 0 Å². The van der Waals surface area contributed by atoms with Gasteiger partial charge in [-0.2, -0.15) is 0 Å². The summed E-state index contributed by atoms with van der Waals surface area (Å²) in [6.45, 7) is 7.67. The summed E-state index contributed by atoms with van der Waals surface area (Å²) >= 11 is -1.05. The molecule has 76 valence electrons. The van der Waals surface area contributed by atoms with E-state index in [2.05, 4.69) is 9.71 Å². The minimum atomic E-state index is -1.05. The molecule has 1 N–H and O–H groups in total. The van der Waals surface area contributed by atoms with E-state index in [1.807, 2.05) is 27.7 Å². The van der Waals surface area contributed by atoms with Crippen LogP contribution >= 0.6 is 0 Å². The molecule has 0 aliphatic heterocycles. The zero-order valence-electron chi connectivity index (χ0n) is 8.92. The van der Waals surface area contributed by atoms with Gasteiger partial charge in [0.05, 0.1) is 17.6 Å². The van der Waals surface area contributed by atoms with Crippen molar-refractivity contribution in [1.29, 1.82) is 0 Å². The van der Waals surface area contributed by atoms with Crippen LogP contribution in [0.1, 0.15) is 27.7 Å². The first kappa shape index (κ1) is 12.5. The molecule has 3 nitrogen and oxygen atoms in total. The van der Waals surface area contributed by atoms with Crippen molar-refractivity contribution in [1.82, 2.24) is 4.72 Å². The van der Waals surface area contributed by atoms with Crippen LogP contribution < -0.4 is 4.72 Å². The molecule has 0 rings (SSSR count). The van der Waals surface area contributed by atoms with Crippen molar-refractivity contribution >= 4 is 17.6 Å². The predicted molar refractivity (Wildman–Crippen MR) is 59.2 cm³/mol. The molecule has 0 aromatic heterocycles. The molecule has 0 aromatic carbocycles. The summed E-state index contributed by atoms with van der Waals surface area (Å²) in [6, 6.07) is 0. The van der Waals surface area contributed by atoms with Gasteiger partial charge in [0.25, 0.3) is 0 Å². The predicted octanol–water partition coefficient (Wildman–Crippen LogP) is 1.64. The number of hydrogen-bond acceptors (Lipinski definition) is 3. The average Bonchev–Trinajstić information content (AvgIpc) is 1.99. The lowest BCUT2D eigenvalue weighted by atomic mass is 10.3. The van der Waals surface area contributed by atoms with Gasteiger partial charge in [-0.3, -0.25) is 4.99 Å². The molecule has 0 bridgehead atoms. The van der Waals surface area contributed by atoms with Crippen LogP contribution in [0.4, 0.5) is 0 Å². The van der Waals surface area contributed by atoms with Gasteiger partial charge in [-0.25, -0.2) is 4.72 Å². The Kier molecular flexibility index (Phi) is 5.10.